The van der Waals surface area contributed by atoms with Crippen LogP contribution < -0.4 is 5.32 Å². The van der Waals surface area contributed by atoms with Gasteiger partial charge in [-0.25, -0.2) is 9.78 Å². The molecule has 1 heterocycles. The molecular formula is C20H16ClN3O5S. The number of benzene rings is 2. The quantitative estimate of drug-likeness (QED) is 0.329. The van der Waals surface area contributed by atoms with E-state index in [2.05, 4.69) is 10.3 Å². The highest BCUT2D eigenvalue weighted by Gasteiger charge is 2.25. The summed E-state index contributed by atoms with van der Waals surface area (Å²) in [5.41, 5.74) is 0.990. The normalized spacial score (nSPS) is 11.6. The van der Waals surface area contributed by atoms with Crippen LogP contribution in [0.4, 0.5) is 11.4 Å². The fourth-order valence-electron chi connectivity index (χ4n) is 2.57. The van der Waals surface area contributed by atoms with Crippen LogP contribution in [0, 0.1) is 17.0 Å². The molecule has 0 aliphatic carbocycles. The fourth-order valence-corrected chi connectivity index (χ4v) is 3.71. The topological polar surface area (TPSA) is 111 Å². The summed E-state index contributed by atoms with van der Waals surface area (Å²) < 4.78 is 5.25. The van der Waals surface area contributed by atoms with Gasteiger partial charge in [0.25, 0.3) is 11.6 Å². The zero-order chi connectivity index (χ0) is 21.8. The third-order valence-corrected chi connectivity index (χ3v) is 5.49. The molecule has 3 aromatic rings. The van der Waals surface area contributed by atoms with E-state index in [-0.39, 0.29) is 16.3 Å². The number of nitrogens with one attached hydrogen (secondary N) is 1. The molecule has 2 aromatic carbocycles. The first kappa shape index (κ1) is 21.4. The van der Waals surface area contributed by atoms with Crippen molar-refractivity contribution in [1.29, 1.82) is 0 Å². The summed E-state index contributed by atoms with van der Waals surface area (Å²) in [5.74, 6) is -1.39. The average molecular weight is 446 g/mol. The number of halogens is 1. The van der Waals surface area contributed by atoms with Gasteiger partial charge in [0.1, 0.15) is 15.6 Å². The second kappa shape index (κ2) is 9.02. The molecule has 0 fully saturated rings. The molecule has 1 aromatic heterocycles. The molecule has 0 radical (unpaired) electrons. The molecule has 1 atom stereocenters. The SMILES string of the molecule is Cc1nc(-c2cccc(Cl)c2)sc1C(=O)OC(C)C(=O)Nc1ccccc1[N+](=O)[O-]. The summed E-state index contributed by atoms with van der Waals surface area (Å²) in [6.45, 7) is 3.05. The van der Waals surface area contributed by atoms with Gasteiger partial charge in [-0.3, -0.25) is 14.9 Å². The van der Waals surface area contributed by atoms with Gasteiger partial charge >= 0.3 is 5.97 Å². The summed E-state index contributed by atoms with van der Waals surface area (Å²) in [6.07, 6.45) is -1.17. The predicted octanol–water partition coefficient (Wildman–Crippen LogP) is 4.86. The van der Waals surface area contributed by atoms with Crippen molar-refractivity contribution in [2.45, 2.75) is 20.0 Å². The van der Waals surface area contributed by atoms with E-state index < -0.39 is 22.9 Å². The van der Waals surface area contributed by atoms with Gasteiger partial charge in [0, 0.05) is 16.7 Å². The summed E-state index contributed by atoms with van der Waals surface area (Å²) >= 11 is 7.13. The maximum absolute atomic E-state index is 12.6. The number of aromatic nitrogens is 1. The third-order valence-electron chi connectivity index (χ3n) is 4.07. The zero-order valence-corrected chi connectivity index (χ0v) is 17.5. The van der Waals surface area contributed by atoms with Crippen LogP contribution in [0.5, 0.6) is 0 Å². The van der Waals surface area contributed by atoms with Crippen LogP contribution in [0.3, 0.4) is 0 Å². The molecule has 1 N–H and O–H groups in total. The highest BCUT2D eigenvalue weighted by Crippen LogP contribution is 2.30. The minimum Gasteiger partial charge on any atom is -0.448 e. The number of nitrogens with zero attached hydrogens (tertiary/aromatic N) is 2. The molecular weight excluding hydrogens is 430 g/mol. The van der Waals surface area contributed by atoms with Gasteiger partial charge in [-0.1, -0.05) is 35.9 Å². The first-order valence-electron chi connectivity index (χ1n) is 8.75. The van der Waals surface area contributed by atoms with Crippen molar-refractivity contribution in [3.8, 4) is 10.6 Å². The van der Waals surface area contributed by atoms with E-state index >= 15 is 0 Å². The van der Waals surface area contributed by atoms with Crippen LogP contribution in [0.25, 0.3) is 10.6 Å². The van der Waals surface area contributed by atoms with Crippen molar-refractivity contribution in [2.75, 3.05) is 5.32 Å². The first-order chi connectivity index (χ1) is 14.3. The van der Waals surface area contributed by atoms with Crippen LogP contribution in [-0.2, 0) is 9.53 Å². The number of carbonyl (C=O) groups excluding carboxylic acids is 2. The molecule has 30 heavy (non-hydrogen) atoms. The van der Waals surface area contributed by atoms with E-state index in [1.807, 2.05) is 6.07 Å². The Kier molecular flexibility index (Phi) is 6.43. The van der Waals surface area contributed by atoms with Crippen molar-refractivity contribution in [2.24, 2.45) is 0 Å². The average Bonchev–Trinajstić information content (AvgIpc) is 3.10. The lowest BCUT2D eigenvalue weighted by Crippen LogP contribution is -2.30. The lowest BCUT2D eigenvalue weighted by molar-refractivity contribution is -0.383. The number of anilines is 1. The van der Waals surface area contributed by atoms with Crippen LogP contribution in [-0.4, -0.2) is 27.9 Å². The van der Waals surface area contributed by atoms with Crippen LogP contribution >= 0.6 is 22.9 Å². The molecule has 8 nitrogen and oxygen atoms in total. The lowest BCUT2D eigenvalue weighted by Gasteiger charge is -2.13. The maximum atomic E-state index is 12.6. The largest absolute Gasteiger partial charge is 0.448 e. The van der Waals surface area contributed by atoms with Crippen molar-refractivity contribution in [1.82, 2.24) is 4.98 Å². The number of carbonyl (C=O) groups is 2. The summed E-state index contributed by atoms with van der Waals surface area (Å²) in [4.78, 5) is 40.0. The van der Waals surface area contributed by atoms with Crippen molar-refractivity contribution >= 4 is 46.2 Å². The molecule has 0 aliphatic heterocycles. The molecule has 0 aliphatic rings. The number of hydrogen-bond acceptors (Lipinski definition) is 7. The monoisotopic (exact) mass is 445 g/mol. The summed E-state index contributed by atoms with van der Waals surface area (Å²) in [7, 11) is 0. The van der Waals surface area contributed by atoms with Crippen molar-refractivity contribution in [3.05, 3.63) is 74.2 Å². The Morgan fingerprint density at radius 2 is 1.97 bits per heavy atom. The van der Waals surface area contributed by atoms with E-state index in [0.29, 0.717) is 15.7 Å². The number of esters is 1. The Bertz CT molecular complexity index is 1130. The molecule has 1 unspecified atom stereocenters. The molecule has 1 amide bonds. The molecule has 0 saturated heterocycles. The van der Waals surface area contributed by atoms with Gasteiger partial charge in [0.05, 0.1) is 10.6 Å². The zero-order valence-electron chi connectivity index (χ0n) is 15.9. The third kappa shape index (κ3) is 4.81. The molecule has 10 heteroatoms. The van der Waals surface area contributed by atoms with Gasteiger partial charge in [-0.05, 0) is 32.0 Å². The highest BCUT2D eigenvalue weighted by atomic mass is 35.5. The van der Waals surface area contributed by atoms with Gasteiger partial charge in [-0.2, -0.15) is 0 Å². The van der Waals surface area contributed by atoms with E-state index in [9.17, 15) is 19.7 Å². The van der Waals surface area contributed by atoms with Gasteiger partial charge in [-0.15, -0.1) is 11.3 Å². The summed E-state index contributed by atoms with van der Waals surface area (Å²) in [5, 5.41) is 14.6. The standard InChI is InChI=1S/C20H16ClN3O5S/c1-11-17(30-19(22-11)13-6-5-7-14(21)10-13)20(26)29-12(2)18(25)23-15-8-3-4-9-16(15)24(27)28/h3-10,12H,1-2H3,(H,23,25). The van der Waals surface area contributed by atoms with Crippen molar-refractivity contribution < 1.29 is 19.2 Å². The minimum atomic E-state index is -1.17. The fraction of sp³-hybridized carbons (Fsp3) is 0.150. The number of nitro benzene ring substituents is 1. The van der Waals surface area contributed by atoms with Crippen LogP contribution in [0.15, 0.2) is 48.5 Å². The Labute approximate surface area is 180 Å². The Hall–Kier alpha value is -3.30. The number of amides is 1. The second-order valence-corrected chi connectivity index (χ2v) is 7.69. The van der Waals surface area contributed by atoms with Crippen LogP contribution in [0.2, 0.25) is 5.02 Å². The number of nitro groups is 1. The lowest BCUT2D eigenvalue weighted by atomic mass is 10.2. The molecule has 0 bridgehead atoms. The Morgan fingerprint density at radius 3 is 2.67 bits per heavy atom. The van der Waals surface area contributed by atoms with E-state index in [1.165, 1.54) is 25.1 Å². The number of thiazole rings is 1. The molecule has 0 saturated carbocycles. The molecule has 0 spiro atoms. The Balaban J connectivity index is 1.72. The predicted molar refractivity (Wildman–Crippen MR) is 114 cm³/mol. The molecule has 3 rings (SSSR count). The van der Waals surface area contributed by atoms with Gasteiger partial charge < -0.3 is 10.1 Å². The number of rotatable bonds is 6. The van der Waals surface area contributed by atoms with E-state index in [1.54, 1.807) is 31.2 Å². The van der Waals surface area contributed by atoms with Crippen LogP contribution in [0.1, 0.15) is 22.3 Å². The number of ether oxygens (including phenoxy) is 1. The molecule has 154 valence electrons. The number of hydrogen-bond donors (Lipinski definition) is 1. The maximum Gasteiger partial charge on any atom is 0.351 e. The Morgan fingerprint density at radius 1 is 1.23 bits per heavy atom. The van der Waals surface area contributed by atoms with E-state index in [0.717, 1.165) is 16.9 Å². The van der Waals surface area contributed by atoms with Gasteiger partial charge in [0.2, 0.25) is 0 Å². The second-order valence-electron chi connectivity index (χ2n) is 6.25. The highest BCUT2D eigenvalue weighted by molar-refractivity contribution is 7.17. The van der Waals surface area contributed by atoms with Crippen molar-refractivity contribution in [3.63, 3.8) is 0 Å². The number of para-hydroxylation sites is 2. The van der Waals surface area contributed by atoms with E-state index in [4.69, 9.17) is 16.3 Å². The smallest absolute Gasteiger partial charge is 0.351 e. The minimum absolute atomic E-state index is 0.0209. The number of aryl methyl sites for hydroxylation is 1. The van der Waals surface area contributed by atoms with Gasteiger partial charge in [0.15, 0.2) is 6.10 Å². The summed E-state index contributed by atoms with van der Waals surface area (Å²) in [6, 6.07) is 12.8. The first-order valence-corrected chi connectivity index (χ1v) is 9.94.